The number of likely N-dealkylation sites (N-methyl/N-ethyl adjacent to an activating group) is 1. The van der Waals surface area contributed by atoms with Crippen molar-refractivity contribution in [3.63, 3.8) is 0 Å². The van der Waals surface area contributed by atoms with E-state index in [0.29, 0.717) is 5.92 Å². The summed E-state index contributed by atoms with van der Waals surface area (Å²) in [5, 5.41) is 0. The van der Waals surface area contributed by atoms with Crippen LogP contribution in [0.3, 0.4) is 0 Å². The molecule has 2 rings (SSSR count). The van der Waals surface area contributed by atoms with Gasteiger partial charge < -0.3 is 9.80 Å². The zero-order chi connectivity index (χ0) is 13.0. The Morgan fingerprint density at radius 1 is 1.17 bits per heavy atom. The minimum Gasteiger partial charge on any atom is -0.354 e. The van der Waals surface area contributed by atoms with Crippen molar-refractivity contribution < 1.29 is 0 Å². The standard InChI is InChI=1S/C15H25N3/c1-4-13(3)14-6-7-15(16-12-14)18-10-8-17(5-2)9-11-18/h6-7,12-13H,4-5,8-11H2,1-3H3. The molecule has 1 unspecified atom stereocenters. The number of hydrogen-bond donors (Lipinski definition) is 0. The van der Waals surface area contributed by atoms with Gasteiger partial charge in [-0.2, -0.15) is 0 Å². The average Bonchev–Trinajstić information content (AvgIpc) is 2.47. The van der Waals surface area contributed by atoms with Gasteiger partial charge in [0.2, 0.25) is 0 Å². The fourth-order valence-electron chi connectivity index (χ4n) is 2.40. The Labute approximate surface area is 111 Å². The number of nitrogens with zero attached hydrogens (tertiary/aromatic N) is 3. The van der Waals surface area contributed by atoms with Gasteiger partial charge in [0.1, 0.15) is 5.82 Å². The summed E-state index contributed by atoms with van der Waals surface area (Å²) in [6, 6.07) is 4.42. The second-order valence-electron chi connectivity index (χ2n) is 5.18. The molecule has 1 saturated heterocycles. The largest absolute Gasteiger partial charge is 0.354 e. The monoisotopic (exact) mass is 247 g/mol. The minimum absolute atomic E-state index is 0.614. The predicted octanol–water partition coefficient (Wildman–Crippen LogP) is 2.74. The van der Waals surface area contributed by atoms with Crippen LogP contribution in [0.5, 0.6) is 0 Å². The van der Waals surface area contributed by atoms with Crippen LogP contribution in [0.25, 0.3) is 0 Å². The molecule has 0 aliphatic carbocycles. The molecular weight excluding hydrogens is 222 g/mol. The van der Waals surface area contributed by atoms with Gasteiger partial charge in [0.15, 0.2) is 0 Å². The molecule has 0 N–H and O–H groups in total. The molecule has 1 atom stereocenters. The smallest absolute Gasteiger partial charge is 0.128 e. The summed E-state index contributed by atoms with van der Waals surface area (Å²) in [4.78, 5) is 9.52. The molecule has 0 spiro atoms. The molecule has 2 heterocycles. The highest BCUT2D eigenvalue weighted by atomic mass is 15.3. The zero-order valence-electron chi connectivity index (χ0n) is 11.9. The van der Waals surface area contributed by atoms with Crippen LogP contribution in [0, 0.1) is 0 Å². The number of hydrogen-bond acceptors (Lipinski definition) is 3. The third-order valence-corrected chi connectivity index (χ3v) is 4.10. The Morgan fingerprint density at radius 3 is 2.39 bits per heavy atom. The van der Waals surface area contributed by atoms with Crippen LogP contribution in [0.1, 0.15) is 38.7 Å². The lowest BCUT2D eigenvalue weighted by atomic mass is 10.0. The first-order valence-corrected chi connectivity index (χ1v) is 7.17. The van der Waals surface area contributed by atoms with Gasteiger partial charge in [-0.3, -0.25) is 0 Å². The molecule has 3 nitrogen and oxygen atoms in total. The summed E-state index contributed by atoms with van der Waals surface area (Å²) >= 11 is 0. The van der Waals surface area contributed by atoms with Gasteiger partial charge >= 0.3 is 0 Å². The number of aromatic nitrogens is 1. The van der Waals surface area contributed by atoms with E-state index in [2.05, 4.69) is 53.9 Å². The molecule has 0 aromatic carbocycles. The third kappa shape index (κ3) is 3.02. The molecule has 18 heavy (non-hydrogen) atoms. The molecule has 0 saturated carbocycles. The van der Waals surface area contributed by atoms with Crippen LogP contribution in [0.2, 0.25) is 0 Å². The van der Waals surface area contributed by atoms with Crippen molar-refractivity contribution in [3.05, 3.63) is 23.9 Å². The van der Waals surface area contributed by atoms with E-state index in [0.717, 1.165) is 38.5 Å². The maximum Gasteiger partial charge on any atom is 0.128 e. The Hall–Kier alpha value is -1.09. The highest BCUT2D eigenvalue weighted by Gasteiger charge is 2.16. The van der Waals surface area contributed by atoms with E-state index in [-0.39, 0.29) is 0 Å². The quantitative estimate of drug-likeness (QED) is 0.815. The molecule has 1 fully saturated rings. The normalized spacial score (nSPS) is 18.9. The summed E-state index contributed by atoms with van der Waals surface area (Å²) in [6.07, 6.45) is 3.23. The van der Waals surface area contributed by atoms with Crippen LogP contribution < -0.4 is 4.90 Å². The minimum atomic E-state index is 0.614. The van der Waals surface area contributed by atoms with Crippen LogP contribution in [0.15, 0.2) is 18.3 Å². The van der Waals surface area contributed by atoms with Gasteiger partial charge in [-0.15, -0.1) is 0 Å². The van der Waals surface area contributed by atoms with E-state index in [1.54, 1.807) is 0 Å². The Balaban J connectivity index is 1.98. The SMILES string of the molecule is CCC(C)c1ccc(N2CCN(CC)CC2)nc1. The lowest BCUT2D eigenvalue weighted by molar-refractivity contribution is 0.270. The van der Waals surface area contributed by atoms with Gasteiger partial charge in [-0.1, -0.05) is 26.8 Å². The van der Waals surface area contributed by atoms with Crippen LogP contribution in [-0.4, -0.2) is 42.6 Å². The predicted molar refractivity (Wildman–Crippen MR) is 77.3 cm³/mol. The van der Waals surface area contributed by atoms with Crippen molar-refractivity contribution in [2.75, 3.05) is 37.6 Å². The van der Waals surface area contributed by atoms with E-state index >= 15 is 0 Å². The van der Waals surface area contributed by atoms with Gasteiger partial charge in [-0.25, -0.2) is 4.98 Å². The average molecular weight is 247 g/mol. The molecule has 3 heteroatoms. The van der Waals surface area contributed by atoms with Crippen LogP contribution >= 0.6 is 0 Å². The number of pyridine rings is 1. The third-order valence-electron chi connectivity index (χ3n) is 4.10. The fourth-order valence-corrected chi connectivity index (χ4v) is 2.40. The van der Waals surface area contributed by atoms with Crippen molar-refractivity contribution >= 4 is 5.82 Å². The van der Waals surface area contributed by atoms with Crippen LogP contribution in [-0.2, 0) is 0 Å². The number of piperazine rings is 1. The van der Waals surface area contributed by atoms with Crippen molar-refractivity contribution in [1.82, 2.24) is 9.88 Å². The molecular formula is C15H25N3. The molecule has 0 amide bonds. The molecule has 100 valence electrons. The second kappa shape index (κ2) is 6.19. The highest BCUT2D eigenvalue weighted by Crippen LogP contribution is 2.20. The Kier molecular flexibility index (Phi) is 4.59. The van der Waals surface area contributed by atoms with E-state index in [4.69, 9.17) is 0 Å². The highest BCUT2D eigenvalue weighted by molar-refractivity contribution is 5.40. The van der Waals surface area contributed by atoms with Crippen LogP contribution in [0.4, 0.5) is 5.82 Å². The molecule has 1 aliphatic rings. The van der Waals surface area contributed by atoms with E-state index in [1.165, 1.54) is 12.0 Å². The summed E-state index contributed by atoms with van der Waals surface area (Å²) in [5.41, 5.74) is 1.36. The van der Waals surface area contributed by atoms with E-state index in [9.17, 15) is 0 Å². The van der Waals surface area contributed by atoms with E-state index < -0.39 is 0 Å². The lowest BCUT2D eigenvalue weighted by Gasteiger charge is -2.34. The van der Waals surface area contributed by atoms with Crippen molar-refractivity contribution in [1.29, 1.82) is 0 Å². The first-order chi connectivity index (χ1) is 8.74. The second-order valence-corrected chi connectivity index (χ2v) is 5.18. The van der Waals surface area contributed by atoms with Crippen molar-refractivity contribution in [3.8, 4) is 0 Å². The number of rotatable bonds is 4. The maximum absolute atomic E-state index is 4.63. The molecule has 0 bridgehead atoms. The van der Waals surface area contributed by atoms with Gasteiger partial charge in [0.25, 0.3) is 0 Å². The summed E-state index contributed by atoms with van der Waals surface area (Å²) < 4.78 is 0. The van der Waals surface area contributed by atoms with E-state index in [1.807, 2.05) is 0 Å². The maximum atomic E-state index is 4.63. The van der Waals surface area contributed by atoms with Gasteiger partial charge in [0.05, 0.1) is 0 Å². The fraction of sp³-hybridized carbons (Fsp3) is 0.667. The first-order valence-electron chi connectivity index (χ1n) is 7.17. The molecule has 1 aromatic rings. The van der Waals surface area contributed by atoms with Gasteiger partial charge in [-0.05, 0) is 30.5 Å². The first kappa shape index (κ1) is 13.3. The van der Waals surface area contributed by atoms with Gasteiger partial charge in [0, 0.05) is 32.4 Å². The topological polar surface area (TPSA) is 19.4 Å². The molecule has 1 aromatic heterocycles. The Bertz CT molecular complexity index is 353. The van der Waals surface area contributed by atoms with Crippen molar-refractivity contribution in [2.24, 2.45) is 0 Å². The summed E-state index contributed by atoms with van der Waals surface area (Å²) in [5.74, 6) is 1.75. The Morgan fingerprint density at radius 2 is 1.89 bits per heavy atom. The van der Waals surface area contributed by atoms with Crippen molar-refractivity contribution in [2.45, 2.75) is 33.1 Å². The summed E-state index contributed by atoms with van der Waals surface area (Å²) in [7, 11) is 0. The number of anilines is 1. The molecule has 0 radical (unpaired) electrons. The summed E-state index contributed by atoms with van der Waals surface area (Å²) in [6.45, 7) is 12.4. The molecule has 1 aliphatic heterocycles. The lowest BCUT2D eigenvalue weighted by Crippen LogP contribution is -2.46. The zero-order valence-corrected chi connectivity index (χ0v) is 11.9.